The van der Waals surface area contributed by atoms with Crippen LogP contribution in [0.4, 0.5) is 5.69 Å². The minimum absolute atomic E-state index is 0. The summed E-state index contributed by atoms with van der Waals surface area (Å²) < 4.78 is 0. The number of benzene rings is 1. The molecule has 0 aromatic heterocycles. The Morgan fingerprint density at radius 1 is 0.762 bits per heavy atom. The largest absolute Gasteiger partial charge is 0.479 e. The SMILES string of the molecule is CN([C-]=O)c1cccc([Si](C)(C)CC[Si](C)(C)C[Si](C[SiH](C)C)(C[SiH](C)C)[Si](C[Si](C)C)(C[Si](C)C)C[Si](C)C)c1.[Rf]. The quantitative estimate of drug-likeness (QED) is 0.0778. The Hall–Kier alpha value is -0.358. The van der Waals surface area contributed by atoms with Crippen LogP contribution in [-0.4, -0.2) is 88.8 Å². The van der Waals surface area contributed by atoms with E-state index in [0.717, 1.165) is 5.69 Å². The minimum atomic E-state index is -1.61. The monoisotopic (exact) mass is 976 g/mol. The van der Waals surface area contributed by atoms with Gasteiger partial charge in [-0.25, -0.2) is 0 Å². The van der Waals surface area contributed by atoms with E-state index in [-0.39, 0.29) is 26.4 Å². The second-order valence-corrected chi connectivity index (χ2v) is 59.7. The Morgan fingerprint density at radius 2 is 1.21 bits per heavy atom. The first-order valence-corrected chi connectivity index (χ1v) is 43.5. The van der Waals surface area contributed by atoms with Gasteiger partial charge in [0.1, 0.15) is 0 Å². The summed E-state index contributed by atoms with van der Waals surface area (Å²) in [4.78, 5) is 12.9. The van der Waals surface area contributed by atoms with E-state index in [2.05, 4.69) is 122 Å². The van der Waals surface area contributed by atoms with Crippen LogP contribution < -0.4 is 10.1 Å². The maximum absolute atomic E-state index is 11.3. The maximum atomic E-state index is 11.3. The van der Waals surface area contributed by atoms with Crippen LogP contribution in [0.5, 0.6) is 0 Å². The molecule has 0 spiro atoms. The molecule has 3 radical (unpaired) electrons. The van der Waals surface area contributed by atoms with Crippen LogP contribution in [0.3, 0.4) is 0 Å². The van der Waals surface area contributed by atoms with Crippen molar-refractivity contribution in [3.8, 4) is 0 Å². The predicted octanol–water partition coefficient (Wildman–Crippen LogP) is 8.26. The van der Waals surface area contributed by atoms with Crippen molar-refractivity contribution in [2.75, 3.05) is 11.9 Å². The third-order valence-corrected chi connectivity index (χ3v) is 69.6. The fourth-order valence-electron chi connectivity index (χ4n) is 8.18. The number of carbonyl (C=O) groups excluding carboxylic acids is 1. The van der Waals surface area contributed by atoms with Gasteiger partial charge in [0, 0.05) is 67.2 Å². The van der Waals surface area contributed by atoms with Crippen molar-refractivity contribution >= 4 is 92.6 Å². The number of rotatable bonds is 19. The third kappa shape index (κ3) is 12.6. The average Bonchev–Trinajstić information content (AvgIpc) is 2.80. The third-order valence-electron chi connectivity index (χ3n) is 9.19. The molecule has 1 rings (SSSR count). The van der Waals surface area contributed by atoms with Gasteiger partial charge >= 0.3 is 0 Å². The zero-order chi connectivity index (χ0) is 31.8. The van der Waals surface area contributed by atoms with Crippen LogP contribution in [0.25, 0.3) is 0 Å². The van der Waals surface area contributed by atoms with Crippen LogP contribution in [0, 0.1) is 0 Å². The normalized spacial score (nSPS) is 13.4. The van der Waals surface area contributed by atoms with E-state index in [0.29, 0.717) is 0 Å². The Bertz CT molecular complexity index is 905. The molecule has 1 aromatic carbocycles. The topological polar surface area (TPSA) is 20.3 Å². The second-order valence-electron chi connectivity index (χ2n) is 16.8. The van der Waals surface area contributed by atoms with Gasteiger partial charge in [0.2, 0.25) is 0 Å². The van der Waals surface area contributed by atoms with E-state index in [9.17, 15) is 4.79 Å². The molecule has 237 valence electrons. The van der Waals surface area contributed by atoms with Crippen molar-refractivity contribution in [3.05, 3.63) is 24.3 Å². The Labute approximate surface area is 269 Å². The van der Waals surface area contributed by atoms with Gasteiger partial charge < -0.3 is 9.69 Å². The smallest absolute Gasteiger partial charge is 0.0784 e. The summed E-state index contributed by atoms with van der Waals surface area (Å²) in [5.41, 5.74) is 11.6. The number of amides is 1. The first kappa shape index (κ1) is 41.6. The molecule has 42 heavy (non-hydrogen) atoms. The number of nitrogens with zero attached hydrogens (tertiary/aromatic N) is 1. The molecule has 12 heteroatoms. The summed E-state index contributed by atoms with van der Waals surface area (Å²) in [5, 5.41) is 1.51. The number of anilines is 1. The van der Waals surface area contributed by atoms with Crippen LogP contribution >= 0.6 is 0 Å². The van der Waals surface area contributed by atoms with Gasteiger partial charge in [0.15, 0.2) is 0 Å². The van der Waals surface area contributed by atoms with E-state index in [1.165, 1.54) is 17.3 Å². The summed E-state index contributed by atoms with van der Waals surface area (Å²) >= 11 is 0. The minimum Gasteiger partial charge on any atom is -0.479 e. The van der Waals surface area contributed by atoms with Crippen molar-refractivity contribution in [1.29, 1.82) is 0 Å². The molecule has 0 unspecified atom stereocenters. The fraction of sp³-hybridized carbons (Fsp3) is 0.767. The summed E-state index contributed by atoms with van der Waals surface area (Å²) in [6.45, 7) is 37.9. The van der Waals surface area contributed by atoms with Gasteiger partial charge in [-0.2, -0.15) is 0 Å². The molecule has 0 aliphatic carbocycles. The second kappa shape index (κ2) is 17.4. The van der Waals surface area contributed by atoms with Crippen molar-refractivity contribution in [1.82, 2.24) is 0 Å². The molecule has 0 fully saturated rings. The molecule has 0 saturated heterocycles. The van der Waals surface area contributed by atoms with Crippen LogP contribution in [0.15, 0.2) is 24.3 Å². The molecule has 0 bridgehead atoms. The first-order chi connectivity index (χ1) is 18.7. The molecule has 0 aliphatic rings. The van der Waals surface area contributed by atoms with E-state index >= 15 is 0 Å². The molecular formula is C30H67NORfSi9-. The summed E-state index contributed by atoms with van der Waals surface area (Å²) in [7, 11) is -5.81. The summed E-state index contributed by atoms with van der Waals surface area (Å²) in [5.74, 6) is 0. The van der Waals surface area contributed by atoms with E-state index in [1.54, 1.807) is 38.9 Å². The Kier molecular flexibility index (Phi) is 17.2. The van der Waals surface area contributed by atoms with Crippen molar-refractivity contribution in [3.63, 3.8) is 0 Å². The first-order valence-electron chi connectivity index (χ1n) is 16.3. The molecule has 2 nitrogen and oxygen atoms in total. The van der Waals surface area contributed by atoms with Gasteiger partial charge in [-0.05, 0) is 7.05 Å². The van der Waals surface area contributed by atoms with Crippen LogP contribution in [-0.2, 0) is 4.79 Å². The fourth-order valence-corrected chi connectivity index (χ4v) is 114. The van der Waals surface area contributed by atoms with Gasteiger partial charge in [-0.3, -0.25) is 0 Å². The molecule has 0 N–H and O–H groups in total. The zero-order valence-electron chi connectivity index (χ0n) is 30.7. The summed E-state index contributed by atoms with van der Waals surface area (Å²) in [6.07, 6.45) is 2.05. The molecule has 0 aliphatic heterocycles. The predicted molar refractivity (Wildman–Crippen MR) is 215 cm³/mol. The summed E-state index contributed by atoms with van der Waals surface area (Å²) in [6, 6.07) is 11.8. The van der Waals surface area contributed by atoms with E-state index < -0.39 is 48.9 Å². The maximum Gasteiger partial charge on any atom is 0.0784 e. The van der Waals surface area contributed by atoms with Gasteiger partial charge in [-0.1, -0.05) is 155 Å². The number of hydrogen-bond acceptors (Lipinski definition) is 1. The van der Waals surface area contributed by atoms with Gasteiger partial charge in [0.25, 0.3) is 0 Å². The standard InChI is InChI=1S/C30H67NOSi9.Rf/c1-31(22-32)29-17-16-18-30(21-29)39(14,15)20-19-38(12,13)28-41(26-36(8)9,27-37(10)11)40(23-33(2)3,24-34(4)5)25-35(6)7;/h16-18,21,36-37H,19-20,23-28H2,1-15H3;/q-1;. The Morgan fingerprint density at radius 3 is 1.60 bits per heavy atom. The molecule has 1 amide bonds. The van der Waals surface area contributed by atoms with E-state index in [1.807, 2.05) is 7.05 Å². The van der Waals surface area contributed by atoms with Crippen molar-refractivity contribution in [2.45, 2.75) is 138 Å². The zero-order valence-corrected chi connectivity index (χ0v) is 46.4. The van der Waals surface area contributed by atoms with Crippen LogP contribution in [0.1, 0.15) is 0 Å². The van der Waals surface area contributed by atoms with E-state index in [4.69, 9.17) is 0 Å². The number of hydrogen-bond donors (Lipinski definition) is 0. The Balaban J connectivity index is 0.0000168. The molecule has 1 aromatic rings. The van der Waals surface area contributed by atoms with Crippen molar-refractivity contribution < 1.29 is 4.79 Å². The van der Waals surface area contributed by atoms with Crippen molar-refractivity contribution in [2.24, 2.45) is 0 Å². The van der Waals surface area contributed by atoms with Crippen LogP contribution in [0.2, 0.25) is 138 Å². The molecule has 0 atom stereocenters. The van der Waals surface area contributed by atoms with Gasteiger partial charge in [-0.15, -0.1) is 17.8 Å². The molecular weight excluding hydrogens is 910 g/mol. The average molecular weight is 978 g/mol. The molecule has 0 heterocycles. The van der Waals surface area contributed by atoms with Gasteiger partial charge in [0.05, 0.1) is 14.5 Å². The molecule has 0 saturated carbocycles.